The van der Waals surface area contributed by atoms with Gasteiger partial charge in [-0.2, -0.15) is 5.10 Å². The molecule has 5 nitrogen and oxygen atoms in total. The van der Waals surface area contributed by atoms with Gasteiger partial charge in [0.15, 0.2) is 16.7 Å². The van der Waals surface area contributed by atoms with Crippen molar-refractivity contribution in [2.75, 3.05) is 19.1 Å². The fraction of sp³-hybridized carbons (Fsp3) is 0.118. The number of ether oxygens (including phenoxy) is 1. The van der Waals surface area contributed by atoms with Gasteiger partial charge in [0.2, 0.25) is 0 Å². The van der Waals surface area contributed by atoms with Gasteiger partial charge >= 0.3 is 0 Å². The molecule has 0 aliphatic rings. The summed E-state index contributed by atoms with van der Waals surface area (Å²) in [5.41, 5.74) is 0.945. The van der Waals surface area contributed by atoms with Crippen LogP contribution in [-0.4, -0.2) is 30.3 Å². The Labute approximate surface area is 142 Å². The summed E-state index contributed by atoms with van der Waals surface area (Å²) in [4.78, 5) is 14.1. The number of carbonyl (C=O) groups excluding carboxylic acids is 1. The smallest absolute Gasteiger partial charge is 0.258 e. The summed E-state index contributed by atoms with van der Waals surface area (Å²) < 4.78 is 18.5. The largest absolute Gasteiger partial charge is 0.494 e. The molecule has 3 aromatic rings. The van der Waals surface area contributed by atoms with Gasteiger partial charge in [-0.3, -0.25) is 4.79 Å². The molecule has 1 amide bonds. The van der Waals surface area contributed by atoms with Crippen LogP contribution in [0.15, 0.2) is 42.6 Å². The third kappa shape index (κ3) is 2.88. The predicted octanol–water partition coefficient (Wildman–Crippen LogP) is 3.71. The van der Waals surface area contributed by atoms with Crippen molar-refractivity contribution < 1.29 is 13.9 Å². The summed E-state index contributed by atoms with van der Waals surface area (Å²) in [5, 5.41) is 9.21. The van der Waals surface area contributed by atoms with Crippen LogP contribution in [0.4, 0.5) is 10.1 Å². The molecule has 0 radical (unpaired) electrons. The van der Waals surface area contributed by atoms with Crippen LogP contribution in [0.2, 0.25) is 5.15 Å². The van der Waals surface area contributed by atoms with E-state index in [1.165, 1.54) is 30.2 Å². The van der Waals surface area contributed by atoms with Crippen LogP contribution >= 0.6 is 11.6 Å². The minimum Gasteiger partial charge on any atom is -0.494 e. The molecule has 0 fully saturated rings. The topological polar surface area (TPSA) is 55.3 Å². The van der Waals surface area contributed by atoms with Gasteiger partial charge in [0, 0.05) is 35.1 Å². The molecule has 7 heteroatoms. The Bertz CT molecular complexity index is 933. The van der Waals surface area contributed by atoms with Crippen LogP contribution < -0.4 is 9.64 Å². The molecule has 3 rings (SSSR count). The van der Waals surface area contributed by atoms with Crippen molar-refractivity contribution in [2.45, 2.75) is 0 Å². The molecule has 122 valence electrons. The number of hydrogen-bond donors (Lipinski definition) is 0. The van der Waals surface area contributed by atoms with Crippen molar-refractivity contribution in [1.82, 2.24) is 10.2 Å². The highest BCUT2D eigenvalue weighted by Gasteiger charge is 2.16. The molecule has 0 N–H and O–H groups in total. The zero-order valence-electron chi connectivity index (χ0n) is 13.0. The van der Waals surface area contributed by atoms with Crippen molar-refractivity contribution in [3.8, 4) is 5.75 Å². The van der Waals surface area contributed by atoms with Gasteiger partial charge in [-0.15, -0.1) is 5.10 Å². The molecule has 2 aromatic carbocycles. The first-order chi connectivity index (χ1) is 11.5. The number of carbonyl (C=O) groups is 1. The number of hydrogen-bond acceptors (Lipinski definition) is 4. The number of anilines is 1. The van der Waals surface area contributed by atoms with E-state index in [-0.39, 0.29) is 16.8 Å². The molecule has 0 aliphatic heterocycles. The van der Waals surface area contributed by atoms with E-state index in [2.05, 4.69) is 10.2 Å². The van der Waals surface area contributed by atoms with E-state index in [1.807, 2.05) is 0 Å². The van der Waals surface area contributed by atoms with Crippen molar-refractivity contribution in [3.63, 3.8) is 0 Å². The lowest BCUT2D eigenvalue weighted by Crippen LogP contribution is -2.26. The maximum atomic E-state index is 13.5. The molecule has 0 unspecified atom stereocenters. The highest BCUT2D eigenvalue weighted by atomic mass is 35.5. The van der Waals surface area contributed by atoms with Crippen molar-refractivity contribution in [3.05, 3.63) is 59.1 Å². The second-order valence-corrected chi connectivity index (χ2v) is 5.48. The molecule has 1 heterocycles. The third-order valence-corrected chi connectivity index (χ3v) is 3.97. The number of fused-ring (bicyclic) bond motifs is 1. The summed E-state index contributed by atoms with van der Waals surface area (Å²) in [6.07, 6.45) is 1.57. The second kappa shape index (κ2) is 6.41. The van der Waals surface area contributed by atoms with Crippen molar-refractivity contribution in [1.29, 1.82) is 0 Å². The van der Waals surface area contributed by atoms with Crippen LogP contribution in [0.25, 0.3) is 10.8 Å². The summed E-state index contributed by atoms with van der Waals surface area (Å²) in [6, 6.07) is 9.32. The highest BCUT2D eigenvalue weighted by Crippen LogP contribution is 2.26. The van der Waals surface area contributed by atoms with Gasteiger partial charge in [-0.05, 0) is 24.3 Å². The normalized spacial score (nSPS) is 10.7. The van der Waals surface area contributed by atoms with Crippen LogP contribution in [-0.2, 0) is 0 Å². The summed E-state index contributed by atoms with van der Waals surface area (Å²) in [5.74, 6) is -0.680. The van der Waals surface area contributed by atoms with Crippen LogP contribution in [0, 0.1) is 5.82 Å². The Morgan fingerprint density at radius 2 is 2.04 bits per heavy atom. The fourth-order valence-corrected chi connectivity index (χ4v) is 2.55. The number of methoxy groups -OCH3 is 1. The monoisotopic (exact) mass is 345 g/mol. The summed E-state index contributed by atoms with van der Waals surface area (Å²) >= 11 is 6.03. The average molecular weight is 346 g/mol. The van der Waals surface area contributed by atoms with Gasteiger partial charge in [0.05, 0.1) is 13.3 Å². The van der Waals surface area contributed by atoms with Gasteiger partial charge in [-0.25, -0.2) is 4.39 Å². The second-order valence-electron chi connectivity index (χ2n) is 5.12. The number of benzene rings is 2. The molecule has 0 spiro atoms. The standard InChI is InChI=1S/C17H13ClFN3O2/c1-22(12-5-6-14(19)15(8-12)24-2)17(23)10-3-4-11-9-20-21-16(18)13(11)7-10/h3-9H,1-2H3. The SMILES string of the molecule is COc1cc(N(C)C(=O)c2ccc3cnnc(Cl)c3c2)ccc1F. The van der Waals surface area contributed by atoms with E-state index in [0.29, 0.717) is 16.6 Å². The molecule has 1 aromatic heterocycles. The molecule has 0 atom stereocenters. The Kier molecular flexibility index (Phi) is 4.31. The van der Waals surface area contributed by atoms with E-state index in [4.69, 9.17) is 16.3 Å². The molecule has 24 heavy (non-hydrogen) atoms. The third-order valence-electron chi connectivity index (χ3n) is 3.69. The Morgan fingerprint density at radius 1 is 1.25 bits per heavy atom. The number of nitrogens with zero attached hydrogens (tertiary/aromatic N) is 3. The first-order valence-electron chi connectivity index (χ1n) is 7.04. The highest BCUT2D eigenvalue weighted by molar-refractivity contribution is 6.34. The van der Waals surface area contributed by atoms with E-state index >= 15 is 0 Å². The predicted molar refractivity (Wildman–Crippen MR) is 90.2 cm³/mol. The quantitative estimate of drug-likeness (QED) is 0.726. The molecule has 0 saturated heterocycles. The van der Waals surface area contributed by atoms with E-state index in [0.717, 1.165) is 5.39 Å². The fourth-order valence-electron chi connectivity index (χ4n) is 2.34. The zero-order chi connectivity index (χ0) is 17.3. The van der Waals surface area contributed by atoms with Crippen LogP contribution in [0.3, 0.4) is 0 Å². The Hall–Kier alpha value is -2.73. The maximum Gasteiger partial charge on any atom is 0.258 e. The lowest BCUT2D eigenvalue weighted by molar-refractivity contribution is 0.0993. The molecule has 0 aliphatic carbocycles. The summed E-state index contributed by atoms with van der Waals surface area (Å²) in [6.45, 7) is 0. The van der Waals surface area contributed by atoms with Crippen LogP contribution in [0.1, 0.15) is 10.4 Å². The number of aromatic nitrogens is 2. The summed E-state index contributed by atoms with van der Waals surface area (Å²) in [7, 11) is 2.97. The molecular formula is C17H13ClFN3O2. The number of amides is 1. The molecular weight excluding hydrogens is 333 g/mol. The minimum absolute atomic E-state index is 0.0731. The maximum absolute atomic E-state index is 13.5. The van der Waals surface area contributed by atoms with E-state index in [1.54, 1.807) is 31.4 Å². The van der Waals surface area contributed by atoms with Gasteiger partial charge in [-0.1, -0.05) is 17.7 Å². The minimum atomic E-state index is -0.488. The van der Waals surface area contributed by atoms with Crippen molar-refractivity contribution in [2.24, 2.45) is 0 Å². The van der Waals surface area contributed by atoms with E-state index < -0.39 is 5.82 Å². The first-order valence-corrected chi connectivity index (χ1v) is 7.41. The van der Waals surface area contributed by atoms with E-state index in [9.17, 15) is 9.18 Å². The van der Waals surface area contributed by atoms with Gasteiger partial charge < -0.3 is 9.64 Å². The van der Waals surface area contributed by atoms with Crippen molar-refractivity contribution >= 4 is 34.0 Å². The lowest BCUT2D eigenvalue weighted by atomic mass is 10.1. The Balaban J connectivity index is 1.97. The number of rotatable bonds is 3. The first kappa shape index (κ1) is 16.1. The zero-order valence-corrected chi connectivity index (χ0v) is 13.7. The van der Waals surface area contributed by atoms with Crippen LogP contribution in [0.5, 0.6) is 5.75 Å². The number of halogens is 2. The molecule has 0 saturated carbocycles. The Morgan fingerprint density at radius 3 is 2.79 bits per heavy atom. The average Bonchev–Trinajstić information content (AvgIpc) is 2.61. The van der Waals surface area contributed by atoms with Gasteiger partial charge in [0.1, 0.15) is 0 Å². The lowest BCUT2D eigenvalue weighted by Gasteiger charge is -2.18. The molecule has 0 bridgehead atoms. The van der Waals surface area contributed by atoms with Gasteiger partial charge in [0.25, 0.3) is 5.91 Å².